The number of hydrogen-bond donors (Lipinski definition) is 4. The third-order valence-corrected chi connectivity index (χ3v) is 7.69. The number of ketones is 2. The van der Waals surface area contributed by atoms with Gasteiger partial charge in [0.25, 0.3) is 0 Å². The van der Waals surface area contributed by atoms with Crippen molar-refractivity contribution in [1.82, 2.24) is 10.6 Å². The zero-order chi connectivity index (χ0) is 32.6. The van der Waals surface area contributed by atoms with E-state index < -0.39 is 18.0 Å². The minimum absolute atomic E-state index is 0.0481. The van der Waals surface area contributed by atoms with Crippen molar-refractivity contribution in [2.24, 2.45) is 23.3 Å². The highest BCUT2D eigenvalue weighted by molar-refractivity contribution is 5.94. The lowest BCUT2D eigenvalue weighted by atomic mass is 9.90. The van der Waals surface area contributed by atoms with E-state index in [0.29, 0.717) is 51.8 Å². The third-order valence-electron chi connectivity index (χ3n) is 7.69. The summed E-state index contributed by atoms with van der Waals surface area (Å²) in [6.45, 7) is 7.67. The highest BCUT2D eigenvalue weighted by Crippen LogP contribution is 2.17. The molecule has 0 spiro atoms. The lowest BCUT2D eigenvalue weighted by Crippen LogP contribution is -2.48. The van der Waals surface area contributed by atoms with Crippen molar-refractivity contribution >= 4 is 23.4 Å². The van der Waals surface area contributed by atoms with E-state index in [1.165, 1.54) is 19.3 Å². The Balaban J connectivity index is 3.04. The number of amides is 2. The van der Waals surface area contributed by atoms with Crippen LogP contribution in [0.3, 0.4) is 0 Å². The monoisotopic (exact) mass is 616 g/mol. The van der Waals surface area contributed by atoms with Gasteiger partial charge in [0.15, 0.2) is 11.6 Å². The Morgan fingerprint density at radius 1 is 0.773 bits per heavy atom. The van der Waals surface area contributed by atoms with Crippen molar-refractivity contribution in [2.45, 2.75) is 123 Å². The van der Waals surface area contributed by atoms with E-state index >= 15 is 0 Å². The molecule has 9 heteroatoms. The largest absolute Gasteiger partial charge is 0.379 e. The number of benzene rings is 1. The number of rotatable bonds is 27. The minimum Gasteiger partial charge on any atom is -0.379 e. The van der Waals surface area contributed by atoms with Gasteiger partial charge in [0.1, 0.15) is 6.04 Å². The number of carbonyl (C=O) groups excluding carboxylic acids is 4. The molecule has 0 saturated carbocycles. The maximum Gasteiger partial charge on any atom is 0.224 e. The van der Waals surface area contributed by atoms with Gasteiger partial charge >= 0.3 is 0 Å². The van der Waals surface area contributed by atoms with Crippen molar-refractivity contribution in [1.29, 1.82) is 0 Å². The van der Waals surface area contributed by atoms with Gasteiger partial charge in [-0.1, -0.05) is 83.2 Å². The molecule has 0 aromatic heterocycles. The van der Waals surface area contributed by atoms with Crippen LogP contribution in [0.5, 0.6) is 0 Å². The molecule has 0 aliphatic carbocycles. The summed E-state index contributed by atoms with van der Waals surface area (Å²) in [5.41, 5.74) is 12.1. The summed E-state index contributed by atoms with van der Waals surface area (Å²) >= 11 is 0. The van der Waals surface area contributed by atoms with E-state index in [-0.39, 0.29) is 48.7 Å². The second-order valence-corrected chi connectivity index (χ2v) is 12.3. The number of ether oxygens (including phenoxy) is 1. The molecule has 9 nitrogen and oxygen atoms in total. The molecule has 250 valence electrons. The average molecular weight is 617 g/mol. The van der Waals surface area contributed by atoms with E-state index in [2.05, 4.69) is 17.6 Å². The molecule has 2 amide bonds. The number of unbranched alkanes of at least 4 members (excludes halogenated alkanes) is 6. The van der Waals surface area contributed by atoms with Crippen LogP contribution < -0.4 is 22.1 Å². The second-order valence-electron chi connectivity index (χ2n) is 12.3. The first kappa shape index (κ1) is 39.4. The zero-order valence-corrected chi connectivity index (χ0v) is 27.6. The van der Waals surface area contributed by atoms with E-state index in [1.54, 1.807) is 0 Å². The third kappa shape index (κ3) is 18.2. The van der Waals surface area contributed by atoms with E-state index in [0.717, 1.165) is 31.2 Å². The summed E-state index contributed by atoms with van der Waals surface area (Å²) in [4.78, 5) is 53.1. The van der Waals surface area contributed by atoms with Crippen LogP contribution >= 0.6 is 0 Å². The molecule has 0 heterocycles. The molecular weight excluding hydrogens is 556 g/mol. The van der Waals surface area contributed by atoms with Gasteiger partial charge in [0, 0.05) is 31.8 Å². The number of nitrogens with two attached hydrogens (primary N) is 2. The van der Waals surface area contributed by atoms with Crippen LogP contribution in [0.25, 0.3) is 0 Å². The summed E-state index contributed by atoms with van der Waals surface area (Å²) in [6.07, 6.45) is 9.97. The van der Waals surface area contributed by atoms with E-state index in [9.17, 15) is 19.2 Å². The highest BCUT2D eigenvalue weighted by atomic mass is 16.5. The molecule has 1 rings (SSSR count). The Morgan fingerprint density at radius 3 is 2.11 bits per heavy atom. The molecule has 0 saturated heterocycles. The van der Waals surface area contributed by atoms with Gasteiger partial charge in [-0.2, -0.15) is 0 Å². The molecular formula is C35H60N4O5. The van der Waals surface area contributed by atoms with Crippen molar-refractivity contribution in [3.05, 3.63) is 35.9 Å². The molecule has 0 aliphatic rings. The normalized spacial score (nSPS) is 13.3. The Morgan fingerprint density at radius 2 is 1.45 bits per heavy atom. The molecule has 0 fully saturated rings. The molecule has 0 radical (unpaired) electrons. The Bertz CT molecular complexity index is 940. The summed E-state index contributed by atoms with van der Waals surface area (Å²) < 4.78 is 5.88. The smallest absolute Gasteiger partial charge is 0.224 e. The van der Waals surface area contributed by atoms with Crippen LogP contribution in [0.2, 0.25) is 0 Å². The van der Waals surface area contributed by atoms with Gasteiger partial charge in [-0.05, 0) is 63.1 Å². The number of hydrogen-bond acceptors (Lipinski definition) is 7. The molecule has 1 aromatic rings. The molecule has 0 bridgehead atoms. The first-order valence-electron chi connectivity index (χ1n) is 16.9. The predicted octanol–water partition coefficient (Wildman–Crippen LogP) is 4.63. The van der Waals surface area contributed by atoms with E-state index in [4.69, 9.17) is 16.2 Å². The second kappa shape index (κ2) is 24.7. The van der Waals surface area contributed by atoms with Gasteiger partial charge in [0.2, 0.25) is 11.8 Å². The molecule has 0 aliphatic heterocycles. The summed E-state index contributed by atoms with van der Waals surface area (Å²) in [7, 11) is 0. The van der Waals surface area contributed by atoms with Gasteiger partial charge in [-0.3, -0.25) is 19.2 Å². The summed E-state index contributed by atoms with van der Waals surface area (Å²) in [6, 6.07) is 8.03. The molecule has 1 aromatic carbocycles. The zero-order valence-electron chi connectivity index (χ0n) is 27.6. The van der Waals surface area contributed by atoms with Crippen LogP contribution in [-0.2, 0) is 30.3 Å². The fourth-order valence-electron chi connectivity index (χ4n) is 5.12. The molecule has 44 heavy (non-hydrogen) atoms. The maximum absolute atomic E-state index is 13.7. The first-order chi connectivity index (χ1) is 21.2. The lowest BCUT2D eigenvalue weighted by Gasteiger charge is -2.25. The highest BCUT2D eigenvalue weighted by Gasteiger charge is 2.30. The summed E-state index contributed by atoms with van der Waals surface area (Å²) in [5.74, 6) is -1.39. The topological polar surface area (TPSA) is 154 Å². The van der Waals surface area contributed by atoms with Crippen LogP contribution in [-0.4, -0.2) is 61.8 Å². The number of Topliss-reactive ketones (excluding diaryl/α,β-unsaturated/α-hetero) is 2. The minimum atomic E-state index is -0.857. The molecule has 0 unspecified atom stereocenters. The van der Waals surface area contributed by atoms with Crippen LogP contribution in [0.1, 0.15) is 110 Å². The molecule has 3 atom stereocenters. The first-order valence-corrected chi connectivity index (χ1v) is 16.9. The summed E-state index contributed by atoms with van der Waals surface area (Å²) in [5, 5.41) is 5.82. The van der Waals surface area contributed by atoms with Crippen molar-refractivity contribution in [2.75, 3.05) is 26.3 Å². The van der Waals surface area contributed by atoms with Crippen molar-refractivity contribution in [3.63, 3.8) is 0 Å². The average Bonchev–Trinajstić information content (AvgIpc) is 3.00. The van der Waals surface area contributed by atoms with Crippen LogP contribution in [0.15, 0.2) is 30.3 Å². The quantitative estimate of drug-likeness (QED) is 0.105. The van der Waals surface area contributed by atoms with Gasteiger partial charge < -0.3 is 26.8 Å². The lowest BCUT2D eigenvalue weighted by molar-refractivity contribution is -0.134. The fourth-order valence-corrected chi connectivity index (χ4v) is 5.12. The predicted molar refractivity (Wildman–Crippen MR) is 177 cm³/mol. The van der Waals surface area contributed by atoms with E-state index in [1.807, 2.05) is 44.2 Å². The van der Waals surface area contributed by atoms with Crippen LogP contribution in [0, 0.1) is 11.8 Å². The number of carbonyl (C=O) groups is 4. The number of nitrogens with one attached hydrogen (secondary N) is 2. The van der Waals surface area contributed by atoms with Crippen molar-refractivity contribution in [3.8, 4) is 0 Å². The standard InChI is InChI=1S/C35H60N4O5/c1-4-5-6-7-8-14-22-44-26-31(38-34(42)19-12-13-20-36)33(41)25-29(24-28-16-10-9-11-17-28)35(43)39-30(23-27(2)3)32(40)18-15-21-37/h9-11,16-17,27,29-31H,4-8,12-15,18-26,36-37H2,1-3H3,(H,38,42)(H,39,43)/t29-,30+,31+/m1/s1. The fraction of sp³-hybridized carbons (Fsp3) is 0.714. The Hall–Kier alpha value is -2.62. The Labute approximate surface area is 266 Å². The van der Waals surface area contributed by atoms with Crippen molar-refractivity contribution < 1.29 is 23.9 Å². The maximum atomic E-state index is 13.7. The van der Waals surface area contributed by atoms with Gasteiger partial charge in [-0.15, -0.1) is 0 Å². The van der Waals surface area contributed by atoms with Gasteiger partial charge in [0.05, 0.1) is 12.6 Å². The SMILES string of the molecule is CCCCCCCCOC[C@H](NC(=O)CCCCN)C(=O)C[C@@H](Cc1ccccc1)C(=O)N[C@@H](CC(C)C)C(=O)CCCN. The molecule has 6 N–H and O–H groups in total. The van der Waals surface area contributed by atoms with Crippen LogP contribution in [0.4, 0.5) is 0 Å². The Kier molecular flexibility index (Phi) is 22.1. The van der Waals surface area contributed by atoms with Gasteiger partial charge in [-0.25, -0.2) is 0 Å².